The fourth-order valence-corrected chi connectivity index (χ4v) is 1.69. The Bertz CT molecular complexity index is 551. The molecule has 0 spiro atoms. The molecule has 0 saturated carbocycles. The van der Waals surface area contributed by atoms with Crippen molar-refractivity contribution < 1.29 is 19.1 Å². The van der Waals surface area contributed by atoms with Gasteiger partial charge in [0.25, 0.3) is 5.91 Å². The number of carbonyl (C=O) groups excluding carboxylic acids is 3. The largest absolute Gasteiger partial charge is 0.456 e. The van der Waals surface area contributed by atoms with Gasteiger partial charge in [-0.3, -0.25) is 19.1 Å². The third kappa shape index (κ3) is 5.25. The molecule has 1 heterocycles. The second kappa shape index (κ2) is 7.41. The number of hydrogen-bond acceptors (Lipinski definition) is 5. The van der Waals surface area contributed by atoms with Crippen LogP contribution in [0.25, 0.3) is 0 Å². The van der Waals surface area contributed by atoms with Gasteiger partial charge in [0.05, 0.1) is 23.5 Å². The Hall–Kier alpha value is -2.38. The molecule has 1 aromatic heterocycles. The first-order valence-corrected chi connectivity index (χ1v) is 6.51. The van der Waals surface area contributed by atoms with Crippen molar-refractivity contribution in [3.8, 4) is 0 Å². The maximum absolute atomic E-state index is 11.7. The molecular weight excluding hydrogens is 276 g/mol. The Morgan fingerprint density at radius 1 is 1.29 bits per heavy atom. The summed E-state index contributed by atoms with van der Waals surface area (Å²) >= 11 is 0. The summed E-state index contributed by atoms with van der Waals surface area (Å²) in [5, 5.41) is 9.30. The number of esters is 1. The molecule has 2 amide bonds. The summed E-state index contributed by atoms with van der Waals surface area (Å²) < 4.78 is 6.47. The number of amides is 2. The predicted octanol–water partition coefficient (Wildman–Crippen LogP) is 0.0448. The minimum Gasteiger partial charge on any atom is -0.456 e. The number of ether oxygens (including phenoxy) is 1. The van der Waals surface area contributed by atoms with Crippen molar-refractivity contribution in [2.24, 2.45) is 7.05 Å². The summed E-state index contributed by atoms with van der Waals surface area (Å²) in [5.41, 5.74) is 2.13. The molecule has 8 nitrogen and oxygen atoms in total. The minimum atomic E-state index is -0.543. The molecule has 0 fully saturated rings. The monoisotopic (exact) mass is 296 g/mol. The van der Waals surface area contributed by atoms with E-state index in [1.54, 1.807) is 18.7 Å². The maximum Gasteiger partial charge on any atom is 0.308 e. The molecule has 1 aromatic rings. The van der Waals surface area contributed by atoms with Crippen LogP contribution >= 0.6 is 0 Å². The van der Waals surface area contributed by atoms with E-state index in [9.17, 15) is 14.4 Å². The Morgan fingerprint density at radius 3 is 2.48 bits per heavy atom. The topological polar surface area (TPSA) is 102 Å². The van der Waals surface area contributed by atoms with Crippen LogP contribution in [-0.4, -0.2) is 40.7 Å². The summed E-state index contributed by atoms with van der Waals surface area (Å²) in [5.74, 6) is -1.19. The van der Waals surface area contributed by atoms with Gasteiger partial charge in [-0.25, -0.2) is 0 Å². The molecule has 116 valence electrons. The van der Waals surface area contributed by atoms with Crippen LogP contribution in [0.4, 0.5) is 5.69 Å². The molecule has 8 heteroatoms. The molecule has 0 bridgehead atoms. The first-order chi connectivity index (χ1) is 9.81. The second-order valence-corrected chi connectivity index (χ2v) is 4.61. The molecule has 0 aromatic carbocycles. The van der Waals surface area contributed by atoms with Crippen molar-refractivity contribution in [2.75, 3.05) is 18.5 Å². The summed E-state index contributed by atoms with van der Waals surface area (Å²) in [4.78, 5) is 33.7. The van der Waals surface area contributed by atoms with E-state index in [0.29, 0.717) is 11.4 Å². The standard InChI is InChI=1S/C13H20N4O4/c1-8-13(9(2)17(4)16-8)15-11(19)7-21-12(20)5-6-14-10(3)18/h5-7H2,1-4H3,(H,14,18)(H,15,19). The molecule has 0 aliphatic rings. The zero-order valence-corrected chi connectivity index (χ0v) is 12.6. The highest BCUT2D eigenvalue weighted by Crippen LogP contribution is 2.17. The first-order valence-electron chi connectivity index (χ1n) is 6.51. The van der Waals surface area contributed by atoms with Crippen LogP contribution in [0.5, 0.6) is 0 Å². The van der Waals surface area contributed by atoms with E-state index in [4.69, 9.17) is 4.74 Å². The molecular formula is C13H20N4O4. The number of aryl methyl sites for hydroxylation is 2. The third-order valence-corrected chi connectivity index (χ3v) is 2.84. The lowest BCUT2D eigenvalue weighted by Gasteiger charge is -2.07. The molecule has 0 radical (unpaired) electrons. The minimum absolute atomic E-state index is 0.0256. The van der Waals surface area contributed by atoms with Crippen LogP contribution in [0.3, 0.4) is 0 Å². The van der Waals surface area contributed by atoms with E-state index < -0.39 is 11.9 Å². The molecule has 21 heavy (non-hydrogen) atoms. The number of anilines is 1. The van der Waals surface area contributed by atoms with Gasteiger partial charge in [0.15, 0.2) is 6.61 Å². The van der Waals surface area contributed by atoms with E-state index in [-0.39, 0.29) is 25.5 Å². The molecule has 0 unspecified atom stereocenters. The highest BCUT2D eigenvalue weighted by Gasteiger charge is 2.13. The number of rotatable bonds is 6. The predicted molar refractivity (Wildman–Crippen MR) is 75.6 cm³/mol. The lowest BCUT2D eigenvalue weighted by molar-refractivity contribution is -0.147. The summed E-state index contributed by atoms with van der Waals surface area (Å²) in [6.07, 6.45) is 0.0256. The van der Waals surface area contributed by atoms with Gasteiger partial charge in [-0.2, -0.15) is 5.10 Å². The van der Waals surface area contributed by atoms with Crippen LogP contribution < -0.4 is 10.6 Å². The zero-order valence-electron chi connectivity index (χ0n) is 12.6. The number of nitrogens with one attached hydrogen (secondary N) is 2. The Kier molecular flexibility index (Phi) is 5.89. The van der Waals surface area contributed by atoms with Gasteiger partial charge < -0.3 is 15.4 Å². The molecule has 0 aliphatic heterocycles. The van der Waals surface area contributed by atoms with E-state index in [1.165, 1.54) is 6.92 Å². The Morgan fingerprint density at radius 2 is 1.95 bits per heavy atom. The van der Waals surface area contributed by atoms with E-state index in [0.717, 1.165) is 5.69 Å². The highest BCUT2D eigenvalue weighted by molar-refractivity contribution is 5.93. The number of hydrogen-bond donors (Lipinski definition) is 2. The normalized spacial score (nSPS) is 10.1. The molecule has 0 atom stereocenters. The quantitative estimate of drug-likeness (QED) is 0.722. The van der Waals surface area contributed by atoms with Crippen molar-refractivity contribution in [3.63, 3.8) is 0 Å². The van der Waals surface area contributed by atoms with Crippen molar-refractivity contribution in [3.05, 3.63) is 11.4 Å². The Labute approximate surface area is 122 Å². The average Bonchev–Trinajstić information content (AvgIpc) is 2.62. The number of aromatic nitrogens is 2. The molecule has 2 N–H and O–H groups in total. The van der Waals surface area contributed by atoms with Crippen molar-refractivity contribution in [1.82, 2.24) is 15.1 Å². The van der Waals surface area contributed by atoms with Crippen LogP contribution in [0.1, 0.15) is 24.7 Å². The fraction of sp³-hybridized carbons (Fsp3) is 0.538. The summed E-state index contributed by atoms with van der Waals surface area (Å²) in [6, 6.07) is 0. The van der Waals surface area contributed by atoms with E-state index in [2.05, 4.69) is 15.7 Å². The molecule has 0 saturated heterocycles. The second-order valence-electron chi connectivity index (χ2n) is 4.61. The number of nitrogens with zero attached hydrogens (tertiary/aromatic N) is 2. The van der Waals surface area contributed by atoms with Crippen LogP contribution in [0.2, 0.25) is 0 Å². The smallest absolute Gasteiger partial charge is 0.308 e. The zero-order chi connectivity index (χ0) is 16.0. The third-order valence-electron chi connectivity index (χ3n) is 2.84. The van der Waals surface area contributed by atoms with Gasteiger partial charge in [-0.05, 0) is 13.8 Å². The van der Waals surface area contributed by atoms with Gasteiger partial charge in [0, 0.05) is 20.5 Å². The lowest BCUT2D eigenvalue weighted by atomic mass is 10.3. The lowest BCUT2D eigenvalue weighted by Crippen LogP contribution is -2.26. The van der Waals surface area contributed by atoms with Crippen molar-refractivity contribution in [1.29, 1.82) is 0 Å². The summed E-state index contributed by atoms with van der Waals surface area (Å²) in [6.45, 7) is 4.79. The van der Waals surface area contributed by atoms with Crippen LogP contribution in [-0.2, 0) is 26.2 Å². The highest BCUT2D eigenvalue weighted by atomic mass is 16.5. The van der Waals surface area contributed by atoms with Crippen molar-refractivity contribution >= 4 is 23.5 Å². The van der Waals surface area contributed by atoms with Gasteiger partial charge in [-0.15, -0.1) is 0 Å². The van der Waals surface area contributed by atoms with Gasteiger partial charge >= 0.3 is 5.97 Å². The van der Waals surface area contributed by atoms with Gasteiger partial charge in [0.1, 0.15) is 0 Å². The first kappa shape index (κ1) is 16.7. The fourth-order valence-electron chi connectivity index (χ4n) is 1.69. The summed E-state index contributed by atoms with van der Waals surface area (Å²) in [7, 11) is 1.78. The molecule has 0 aliphatic carbocycles. The van der Waals surface area contributed by atoms with Gasteiger partial charge in [0.2, 0.25) is 5.91 Å². The average molecular weight is 296 g/mol. The van der Waals surface area contributed by atoms with Crippen LogP contribution in [0.15, 0.2) is 0 Å². The maximum atomic E-state index is 11.7. The molecule has 1 rings (SSSR count). The van der Waals surface area contributed by atoms with E-state index in [1.807, 2.05) is 6.92 Å². The van der Waals surface area contributed by atoms with E-state index >= 15 is 0 Å². The van der Waals surface area contributed by atoms with Crippen LogP contribution in [0, 0.1) is 13.8 Å². The SMILES string of the molecule is CC(=O)NCCC(=O)OCC(=O)Nc1c(C)nn(C)c1C. The number of carbonyl (C=O) groups is 3. The van der Waals surface area contributed by atoms with Gasteiger partial charge in [-0.1, -0.05) is 0 Å². The Balaban J connectivity index is 2.37. The van der Waals surface area contributed by atoms with Crippen molar-refractivity contribution in [2.45, 2.75) is 27.2 Å².